The Balaban J connectivity index is 2.02. The zero-order chi connectivity index (χ0) is 18.1. The number of anilines is 1. The van der Waals surface area contributed by atoms with Gasteiger partial charge in [0, 0.05) is 24.8 Å². The topological polar surface area (TPSA) is 61.8 Å². The number of nitrogens with zero attached hydrogens (tertiary/aromatic N) is 1. The molecule has 0 bridgehead atoms. The molecular formula is C20H24N2O3. The Morgan fingerprint density at radius 3 is 2.64 bits per heavy atom. The molecule has 0 saturated heterocycles. The fourth-order valence-electron chi connectivity index (χ4n) is 2.25. The van der Waals surface area contributed by atoms with E-state index < -0.39 is 0 Å². The molecule has 25 heavy (non-hydrogen) atoms. The van der Waals surface area contributed by atoms with E-state index in [2.05, 4.69) is 11.9 Å². The van der Waals surface area contributed by atoms with Gasteiger partial charge in [0.05, 0.1) is 6.61 Å². The molecule has 132 valence electrons. The van der Waals surface area contributed by atoms with Gasteiger partial charge in [0.1, 0.15) is 12.4 Å². The molecule has 0 unspecified atom stereocenters. The Morgan fingerprint density at radius 1 is 1.20 bits per heavy atom. The van der Waals surface area contributed by atoms with Crippen molar-refractivity contribution < 1.29 is 14.6 Å². The summed E-state index contributed by atoms with van der Waals surface area (Å²) >= 11 is 0. The summed E-state index contributed by atoms with van der Waals surface area (Å²) in [5, 5.41) is 12.1. The van der Waals surface area contributed by atoms with Crippen LogP contribution in [0, 0.1) is 0 Å². The van der Waals surface area contributed by atoms with Crippen LogP contribution < -0.4 is 10.1 Å². The minimum Gasteiger partial charge on any atom is -0.489 e. The van der Waals surface area contributed by atoms with Crippen molar-refractivity contribution in [2.45, 2.75) is 13.5 Å². The van der Waals surface area contributed by atoms with Crippen molar-refractivity contribution in [3.05, 3.63) is 72.3 Å². The number of hydrogen-bond donors (Lipinski definition) is 2. The van der Waals surface area contributed by atoms with E-state index in [1.54, 1.807) is 17.0 Å². The van der Waals surface area contributed by atoms with Gasteiger partial charge in [-0.3, -0.25) is 0 Å². The summed E-state index contributed by atoms with van der Waals surface area (Å²) in [7, 11) is 0. The summed E-state index contributed by atoms with van der Waals surface area (Å²) in [6.45, 7) is 6.71. The number of aliphatic hydroxyl groups is 1. The first kappa shape index (κ1) is 18.5. The van der Waals surface area contributed by atoms with Crippen LogP contribution in [0.1, 0.15) is 12.5 Å². The van der Waals surface area contributed by atoms with Gasteiger partial charge in [-0.2, -0.15) is 0 Å². The molecule has 0 aliphatic heterocycles. The number of nitrogens with one attached hydrogen (secondary N) is 1. The monoisotopic (exact) mass is 340 g/mol. The number of carbonyl (C=O) groups is 1. The van der Waals surface area contributed by atoms with E-state index in [-0.39, 0.29) is 19.2 Å². The first-order valence-corrected chi connectivity index (χ1v) is 8.16. The van der Waals surface area contributed by atoms with Crippen molar-refractivity contribution in [3.63, 3.8) is 0 Å². The number of ether oxygens (including phenoxy) is 1. The van der Waals surface area contributed by atoms with Crippen molar-refractivity contribution in [2.24, 2.45) is 0 Å². The lowest BCUT2D eigenvalue weighted by molar-refractivity contribution is 0.185. The Labute approximate surface area is 148 Å². The molecular weight excluding hydrogens is 316 g/mol. The average Bonchev–Trinajstić information content (AvgIpc) is 2.61. The maximum Gasteiger partial charge on any atom is 0.322 e. The molecule has 0 saturated carbocycles. The highest BCUT2D eigenvalue weighted by Gasteiger charge is 2.14. The Kier molecular flexibility index (Phi) is 7.04. The van der Waals surface area contributed by atoms with E-state index >= 15 is 0 Å². The predicted octanol–water partition coefficient (Wildman–Crippen LogP) is 3.67. The van der Waals surface area contributed by atoms with Crippen LogP contribution in [0.5, 0.6) is 5.75 Å². The highest BCUT2D eigenvalue weighted by atomic mass is 16.5. The van der Waals surface area contributed by atoms with E-state index in [9.17, 15) is 9.90 Å². The van der Waals surface area contributed by atoms with Crippen LogP contribution in [0.3, 0.4) is 0 Å². The first-order valence-electron chi connectivity index (χ1n) is 8.16. The van der Waals surface area contributed by atoms with E-state index in [0.717, 1.165) is 11.1 Å². The quantitative estimate of drug-likeness (QED) is 0.721. The van der Waals surface area contributed by atoms with Crippen LogP contribution in [0.4, 0.5) is 10.5 Å². The van der Waals surface area contributed by atoms with Gasteiger partial charge in [-0.15, -0.1) is 0 Å². The van der Waals surface area contributed by atoms with Gasteiger partial charge in [0.2, 0.25) is 0 Å². The Bertz CT molecular complexity index is 701. The molecule has 0 heterocycles. The van der Waals surface area contributed by atoms with Crippen LogP contribution in [0.25, 0.3) is 0 Å². The molecule has 0 atom stereocenters. The second-order valence-electron chi connectivity index (χ2n) is 5.83. The second kappa shape index (κ2) is 9.49. The third kappa shape index (κ3) is 6.31. The van der Waals surface area contributed by atoms with Gasteiger partial charge >= 0.3 is 6.03 Å². The summed E-state index contributed by atoms with van der Waals surface area (Å²) in [5.41, 5.74) is 2.57. The molecule has 2 aromatic carbocycles. The van der Waals surface area contributed by atoms with Crippen molar-refractivity contribution in [1.82, 2.24) is 4.90 Å². The molecule has 2 aromatic rings. The zero-order valence-electron chi connectivity index (χ0n) is 14.4. The average molecular weight is 340 g/mol. The van der Waals surface area contributed by atoms with Crippen LogP contribution in [0.2, 0.25) is 0 Å². The molecule has 2 N–H and O–H groups in total. The maximum absolute atomic E-state index is 12.5. The highest BCUT2D eigenvalue weighted by molar-refractivity contribution is 5.89. The minimum atomic E-state index is -0.269. The summed E-state index contributed by atoms with van der Waals surface area (Å²) < 4.78 is 5.59. The molecule has 0 spiro atoms. The normalized spacial score (nSPS) is 10.2. The molecule has 5 nitrogen and oxygen atoms in total. The third-order valence-corrected chi connectivity index (χ3v) is 3.44. The number of hydrogen-bond acceptors (Lipinski definition) is 3. The van der Waals surface area contributed by atoms with Crippen molar-refractivity contribution in [1.29, 1.82) is 0 Å². The second-order valence-corrected chi connectivity index (χ2v) is 5.83. The summed E-state index contributed by atoms with van der Waals surface area (Å²) in [5.74, 6) is 0.664. The SMILES string of the molecule is C=C(C)COc1cccc(NC(=O)N(CCO)Cc2ccccc2)c1. The largest absolute Gasteiger partial charge is 0.489 e. The molecule has 0 aliphatic carbocycles. The molecule has 0 radical (unpaired) electrons. The van der Waals surface area contributed by atoms with Gasteiger partial charge in [-0.1, -0.05) is 43.0 Å². The summed E-state index contributed by atoms with van der Waals surface area (Å²) in [4.78, 5) is 14.1. The number of urea groups is 1. The van der Waals surface area contributed by atoms with Gasteiger partial charge in [-0.05, 0) is 30.2 Å². The smallest absolute Gasteiger partial charge is 0.322 e. The number of carbonyl (C=O) groups excluding carboxylic acids is 1. The Morgan fingerprint density at radius 2 is 1.96 bits per heavy atom. The molecule has 0 aliphatic rings. The van der Waals surface area contributed by atoms with Crippen molar-refractivity contribution in [2.75, 3.05) is 25.1 Å². The zero-order valence-corrected chi connectivity index (χ0v) is 14.4. The van der Waals surface area contributed by atoms with E-state index in [4.69, 9.17) is 4.74 Å². The van der Waals surface area contributed by atoms with Gasteiger partial charge in [-0.25, -0.2) is 4.79 Å². The molecule has 5 heteroatoms. The lowest BCUT2D eigenvalue weighted by Gasteiger charge is -2.22. The lowest BCUT2D eigenvalue weighted by Crippen LogP contribution is -2.36. The summed E-state index contributed by atoms with van der Waals surface area (Å²) in [6.07, 6.45) is 0. The maximum atomic E-state index is 12.5. The van der Waals surface area contributed by atoms with Crippen molar-refractivity contribution >= 4 is 11.7 Å². The van der Waals surface area contributed by atoms with E-state index in [1.165, 1.54) is 0 Å². The molecule has 0 fully saturated rings. The van der Waals surface area contributed by atoms with Crippen LogP contribution >= 0.6 is 0 Å². The Hall–Kier alpha value is -2.79. The number of aliphatic hydroxyl groups excluding tert-OH is 1. The highest BCUT2D eigenvalue weighted by Crippen LogP contribution is 2.18. The molecule has 0 aromatic heterocycles. The minimum absolute atomic E-state index is 0.0952. The number of amides is 2. The van der Waals surface area contributed by atoms with Crippen LogP contribution in [-0.2, 0) is 6.54 Å². The fraction of sp³-hybridized carbons (Fsp3) is 0.250. The third-order valence-electron chi connectivity index (χ3n) is 3.44. The fourth-order valence-corrected chi connectivity index (χ4v) is 2.25. The van der Waals surface area contributed by atoms with E-state index in [0.29, 0.717) is 24.6 Å². The first-order chi connectivity index (χ1) is 12.1. The van der Waals surface area contributed by atoms with Gasteiger partial charge < -0.3 is 20.1 Å². The summed E-state index contributed by atoms with van der Waals surface area (Å²) in [6, 6.07) is 16.6. The standard InChI is InChI=1S/C20H24N2O3/c1-16(2)15-25-19-10-6-9-18(13-19)21-20(24)22(11-12-23)14-17-7-4-3-5-8-17/h3-10,13,23H,1,11-12,14-15H2,2H3,(H,21,24). The molecule has 2 rings (SSSR count). The number of benzene rings is 2. The molecule has 2 amide bonds. The van der Waals surface area contributed by atoms with Crippen LogP contribution in [0.15, 0.2) is 66.7 Å². The van der Waals surface area contributed by atoms with Gasteiger partial charge in [0.25, 0.3) is 0 Å². The van der Waals surface area contributed by atoms with Crippen molar-refractivity contribution in [3.8, 4) is 5.75 Å². The van der Waals surface area contributed by atoms with E-state index in [1.807, 2.05) is 49.4 Å². The van der Waals surface area contributed by atoms with Crippen LogP contribution in [-0.4, -0.2) is 35.8 Å². The van der Waals surface area contributed by atoms with Gasteiger partial charge in [0.15, 0.2) is 0 Å². The number of rotatable bonds is 8. The predicted molar refractivity (Wildman–Crippen MR) is 99.7 cm³/mol. The lowest BCUT2D eigenvalue weighted by atomic mass is 10.2.